The van der Waals surface area contributed by atoms with Gasteiger partial charge in [-0.2, -0.15) is 10.5 Å². The molecule has 5 heteroatoms. The van der Waals surface area contributed by atoms with Gasteiger partial charge in [0, 0.05) is 11.6 Å². The molecule has 0 saturated heterocycles. The van der Waals surface area contributed by atoms with Gasteiger partial charge in [0.2, 0.25) is 0 Å². The van der Waals surface area contributed by atoms with Crippen molar-refractivity contribution in [3.8, 4) is 17.9 Å². The summed E-state index contributed by atoms with van der Waals surface area (Å²) in [5.41, 5.74) is 7.13. The summed E-state index contributed by atoms with van der Waals surface area (Å²) in [6, 6.07) is 11.4. The lowest BCUT2D eigenvalue weighted by Gasteiger charge is -2.33. The molecule has 0 aliphatic rings. The van der Waals surface area contributed by atoms with E-state index in [0.29, 0.717) is 0 Å². The fraction of sp³-hybridized carbons (Fsp3) is 0.467. The smallest absolute Gasteiger partial charge is 0.123 e. The first-order chi connectivity index (χ1) is 9.69. The number of nitriles is 2. The summed E-state index contributed by atoms with van der Waals surface area (Å²) in [6.45, 7) is 2.30. The van der Waals surface area contributed by atoms with E-state index in [1.807, 2.05) is 31.2 Å². The lowest BCUT2D eigenvalue weighted by atomic mass is 9.95. The average molecular weight is 272 g/mol. The van der Waals surface area contributed by atoms with Crippen molar-refractivity contribution < 1.29 is 4.74 Å². The molecule has 1 aromatic rings. The average Bonchev–Trinajstić information content (AvgIpc) is 2.48. The largest absolute Gasteiger partial charge is 0.496 e. The van der Waals surface area contributed by atoms with Gasteiger partial charge in [0.25, 0.3) is 0 Å². The molecule has 0 fully saturated rings. The molecule has 0 bridgehead atoms. The van der Waals surface area contributed by atoms with Crippen LogP contribution in [-0.4, -0.2) is 31.1 Å². The predicted molar refractivity (Wildman–Crippen MR) is 76.8 cm³/mol. The Morgan fingerprint density at radius 3 is 2.35 bits per heavy atom. The molecule has 0 aliphatic heterocycles. The maximum absolute atomic E-state index is 8.97. The highest BCUT2D eigenvalue weighted by atomic mass is 16.5. The number of rotatable bonds is 7. The molecule has 0 saturated carbocycles. The zero-order valence-corrected chi connectivity index (χ0v) is 11.9. The van der Waals surface area contributed by atoms with Crippen molar-refractivity contribution in [3.05, 3.63) is 29.8 Å². The van der Waals surface area contributed by atoms with Crippen LogP contribution in [0.15, 0.2) is 24.3 Å². The molecule has 2 N–H and O–H groups in total. The van der Waals surface area contributed by atoms with Crippen LogP contribution >= 0.6 is 0 Å². The predicted octanol–water partition coefficient (Wildman–Crippen LogP) is 1.82. The van der Waals surface area contributed by atoms with Crippen molar-refractivity contribution >= 4 is 0 Å². The Labute approximate surface area is 120 Å². The third-order valence-electron chi connectivity index (χ3n) is 3.28. The van der Waals surface area contributed by atoms with Gasteiger partial charge in [0.15, 0.2) is 0 Å². The first-order valence-electron chi connectivity index (χ1n) is 6.56. The third kappa shape index (κ3) is 3.71. The van der Waals surface area contributed by atoms with Gasteiger partial charge in [-0.25, -0.2) is 0 Å². The summed E-state index contributed by atoms with van der Waals surface area (Å²) < 4.78 is 5.38. The van der Waals surface area contributed by atoms with Crippen LogP contribution in [0.25, 0.3) is 0 Å². The van der Waals surface area contributed by atoms with Crippen molar-refractivity contribution in [2.75, 3.05) is 20.2 Å². The quantitative estimate of drug-likeness (QED) is 0.765. The number of para-hydroxylation sites is 1. The minimum atomic E-state index is -0.213. The van der Waals surface area contributed by atoms with E-state index in [2.05, 4.69) is 12.1 Å². The summed E-state index contributed by atoms with van der Waals surface area (Å²) in [5, 5.41) is 17.9. The Bertz CT molecular complexity index is 487. The minimum Gasteiger partial charge on any atom is -0.496 e. The molecular formula is C15H20N4O. The van der Waals surface area contributed by atoms with Gasteiger partial charge in [-0.15, -0.1) is 0 Å². The van der Waals surface area contributed by atoms with Crippen LogP contribution in [0.3, 0.4) is 0 Å². The molecule has 1 aromatic carbocycles. The molecule has 20 heavy (non-hydrogen) atoms. The van der Waals surface area contributed by atoms with Crippen molar-refractivity contribution in [2.24, 2.45) is 5.73 Å². The highest BCUT2D eigenvalue weighted by molar-refractivity contribution is 5.37. The van der Waals surface area contributed by atoms with Crippen LogP contribution in [-0.2, 0) is 0 Å². The van der Waals surface area contributed by atoms with Gasteiger partial charge < -0.3 is 10.5 Å². The number of nitrogens with zero attached hydrogens (tertiary/aromatic N) is 3. The Morgan fingerprint density at radius 2 is 1.85 bits per heavy atom. The number of nitrogens with two attached hydrogens (primary N) is 1. The Morgan fingerprint density at radius 1 is 1.25 bits per heavy atom. The zero-order chi connectivity index (χ0) is 15.0. The Balaban J connectivity index is 3.24. The van der Waals surface area contributed by atoms with E-state index < -0.39 is 0 Å². The lowest BCUT2D eigenvalue weighted by molar-refractivity contribution is 0.207. The van der Waals surface area contributed by atoms with Gasteiger partial charge in [0.1, 0.15) is 5.75 Å². The normalized spacial score (nSPS) is 13.3. The minimum absolute atomic E-state index is 0.157. The SMILES string of the molecule is CCC(N)C(c1ccccc1OC)N(CC#N)CC#N. The van der Waals surface area contributed by atoms with E-state index >= 15 is 0 Å². The zero-order valence-electron chi connectivity index (χ0n) is 11.9. The van der Waals surface area contributed by atoms with Gasteiger partial charge in [-0.1, -0.05) is 25.1 Å². The monoisotopic (exact) mass is 272 g/mol. The van der Waals surface area contributed by atoms with Crippen LogP contribution in [0.1, 0.15) is 24.9 Å². The Hall–Kier alpha value is -2.08. The number of ether oxygens (including phenoxy) is 1. The highest BCUT2D eigenvalue weighted by Crippen LogP contribution is 2.31. The molecule has 0 spiro atoms. The van der Waals surface area contributed by atoms with Crippen LogP contribution in [0.5, 0.6) is 5.75 Å². The number of methoxy groups -OCH3 is 1. The summed E-state index contributed by atoms with van der Waals surface area (Å²) in [4.78, 5) is 1.78. The maximum atomic E-state index is 8.97. The third-order valence-corrected chi connectivity index (χ3v) is 3.28. The van der Waals surface area contributed by atoms with Crippen molar-refractivity contribution in [2.45, 2.75) is 25.4 Å². The summed E-state index contributed by atoms with van der Waals surface area (Å²) in [7, 11) is 1.60. The summed E-state index contributed by atoms with van der Waals surface area (Å²) in [5.74, 6) is 0.724. The lowest BCUT2D eigenvalue weighted by Crippen LogP contribution is -2.41. The van der Waals surface area contributed by atoms with Gasteiger partial charge in [0.05, 0.1) is 38.4 Å². The van der Waals surface area contributed by atoms with E-state index in [-0.39, 0.29) is 25.2 Å². The second kappa shape index (κ2) is 8.16. The molecule has 0 radical (unpaired) electrons. The Kier molecular flexibility index (Phi) is 6.52. The fourth-order valence-corrected chi connectivity index (χ4v) is 2.27. The van der Waals surface area contributed by atoms with Crippen LogP contribution < -0.4 is 10.5 Å². The summed E-state index contributed by atoms with van der Waals surface area (Å²) in [6.07, 6.45) is 0.746. The molecule has 1 rings (SSSR count). The van der Waals surface area contributed by atoms with Crippen LogP contribution in [0.4, 0.5) is 0 Å². The van der Waals surface area contributed by atoms with E-state index in [0.717, 1.165) is 17.7 Å². The number of hydrogen-bond acceptors (Lipinski definition) is 5. The fourth-order valence-electron chi connectivity index (χ4n) is 2.27. The topological polar surface area (TPSA) is 86.1 Å². The van der Waals surface area contributed by atoms with Crippen LogP contribution in [0, 0.1) is 22.7 Å². The van der Waals surface area contributed by atoms with Gasteiger partial charge in [-0.3, -0.25) is 4.90 Å². The summed E-state index contributed by atoms with van der Waals surface area (Å²) >= 11 is 0. The second-order valence-electron chi connectivity index (χ2n) is 4.48. The van der Waals surface area contributed by atoms with E-state index in [1.165, 1.54) is 0 Å². The standard InChI is InChI=1S/C15H20N4O/c1-3-13(18)15(19(10-8-16)11-9-17)12-6-4-5-7-14(12)20-2/h4-7,13,15H,3,10-11,18H2,1-2H3. The molecular weight excluding hydrogens is 252 g/mol. The van der Waals surface area contributed by atoms with Gasteiger partial charge >= 0.3 is 0 Å². The molecule has 0 aliphatic carbocycles. The number of benzene rings is 1. The number of hydrogen-bond donors (Lipinski definition) is 1. The van der Waals surface area contributed by atoms with Gasteiger partial charge in [-0.05, 0) is 12.5 Å². The van der Waals surface area contributed by atoms with Crippen molar-refractivity contribution in [1.29, 1.82) is 10.5 Å². The highest BCUT2D eigenvalue weighted by Gasteiger charge is 2.27. The molecule has 0 amide bonds. The molecule has 2 unspecified atom stereocenters. The second-order valence-corrected chi connectivity index (χ2v) is 4.48. The molecule has 5 nitrogen and oxygen atoms in total. The molecule has 0 aromatic heterocycles. The first kappa shape index (κ1) is 16.0. The maximum Gasteiger partial charge on any atom is 0.123 e. The van der Waals surface area contributed by atoms with Crippen LogP contribution in [0.2, 0.25) is 0 Å². The molecule has 106 valence electrons. The van der Waals surface area contributed by atoms with Crippen molar-refractivity contribution in [1.82, 2.24) is 4.90 Å². The van der Waals surface area contributed by atoms with Crippen molar-refractivity contribution in [3.63, 3.8) is 0 Å². The molecule has 0 heterocycles. The van der Waals surface area contributed by atoms with E-state index in [4.69, 9.17) is 21.0 Å². The van der Waals surface area contributed by atoms with E-state index in [1.54, 1.807) is 12.0 Å². The first-order valence-corrected chi connectivity index (χ1v) is 6.56. The molecule has 2 atom stereocenters. The van der Waals surface area contributed by atoms with E-state index in [9.17, 15) is 0 Å².